The molecule has 3 rings (SSSR count). The average Bonchev–Trinajstić information content (AvgIpc) is 2.96. The average molecular weight is 348 g/mol. The summed E-state index contributed by atoms with van der Waals surface area (Å²) in [5.74, 6) is 0.181. The van der Waals surface area contributed by atoms with Gasteiger partial charge in [0, 0.05) is 31.1 Å². The van der Waals surface area contributed by atoms with E-state index < -0.39 is 5.60 Å². The molecule has 2 aliphatic heterocycles. The van der Waals surface area contributed by atoms with E-state index in [1.54, 1.807) is 16.7 Å². The first-order valence-electron chi connectivity index (χ1n) is 8.35. The van der Waals surface area contributed by atoms with Gasteiger partial charge in [0.2, 0.25) is 5.91 Å². The van der Waals surface area contributed by atoms with Gasteiger partial charge in [0.1, 0.15) is 5.60 Å². The molecule has 2 aliphatic rings. The van der Waals surface area contributed by atoms with Crippen molar-refractivity contribution in [2.45, 2.75) is 42.9 Å². The van der Waals surface area contributed by atoms with Gasteiger partial charge >= 0.3 is 6.09 Å². The zero-order valence-corrected chi connectivity index (χ0v) is 15.3. The lowest BCUT2D eigenvalue weighted by Gasteiger charge is -2.36. The van der Waals surface area contributed by atoms with Crippen molar-refractivity contribution in [3.05, 3.63) is 29.8 Å². The third-order valence-electron chi connectivity index (χ3n) is 4.17. The minimum Gasteiger partial charge on any atom is -0.444 e. The number of amides is 2. The summed E-state index contributed by atoms with van der Waals surface area (Å²) in [4.78, 5) is 29.6. The molecular formula is C18H24N2O3S. The van der Waals surface area contributed by atoms with Crippen LogP contribution in [0.5, 0.6) is 0 Å². The third kappa shape index (κ3) is 3.86. The Labute approximate surface area is 147 Å². The minimum atomic E-state index is -0.490. The number of thioether (sulfide) groups is 1. The molecule has 5 nitrogen and oxygen atoms in total. The van der Waals surface area contributed by atoms with Crippen molar-refractivity contribution in [1.82, 2.24) is 9.80 Å². The van der Waals surface area contributed by atoms with Crippen molar-refractivity contribution >= 4 is 23.8 Å². The number of rotatable bonds is 1. The Balaban J connectivity index is 1.52. The predicted molar refractivity (Wildman–Crippen MR) is 94.2 cm³/mol. The second-order valence-corrected chi connectivity index (χ2v) is 8.46. The van der Waals surface area contributed by atoms with Gasteiger partial charge < -0.3 is 14.5 Å². The Morgan fingerprint density at radius 3 is 2.33 bits per heavy atom. The maximum Gasteiger partial charge on any atom is 0.410 e. The Hall–Kier alpha value is -1.69. The molecule has 1 atom stereocenters. The molecule has 0 bridgehead atoms. The van der Waals surface area contributed by atoms with Gasteiger partial charge in [-0.3, -0.25) is 4.79 Å². The number of carbonyl (C=O) groups is 2. The molecule has 130 valence electrons. The van der Waals surface area contributed by atoms with Crippen LogP contribution in [-0.2, 0) is 16.0 Å². The maximum absolute atomic E-state index is 12.7. The maximum atomic E-state index is 12.7. The molecule has 1 fully saturated rings. The number of hydrogen-bond acceptors (Lipinski definition) is 4. The molecule has 1 aromatic rings. The Kier molecular flexibility index (Phi) is 4.76. The van der Waals surface area contributed by atoms with Crippen LogP contribution in [0.4, 0.5) is 4.79 Å². The highest BCUT2D eigenvalue weighted by molar-refractivity contribution is 8.01. The number of ether oxygens (including phenoxy) is 1. The number of fused-ring (bicyclic) bond motifs is 1. The molecule has 1 aromatic carbocycles. The molecule has 2 heterocycles. The highest BCUT2D eigenvalue weighted by Crippen LogP contribution is 2.37. The van der Waals surface area contributed by atoms with E-state index in [2.05, 4.69) is 12.1 Å². The van der Waals surface area contributed by atoms with Gasteiger partial charge in [-0.25, -0.2) is 4.79 Å². The van der Waals surface area contributed by atoms with Crippen molar-refractivity contribution < 1.29 is 14.3 Å². The van der Waals surface area contributed by atoms with Crippen LogP contribution in [0, 0.1) is 0 Å². The summed E-state index contributed by atoms with van der Waals surface area (Å²) in [5, 5.41) is -0.0320. The summed E-state index contributed by atoms with van der Waals surface area (Å²) in [5.41, 5.74) is 0.768. The van der Waals surface area contributed by atoms with E-state index in [9.17, 15) is 9.59 Å². The minimum absolute atomic E-state index is 0.0320. The van der Waals surface area contributed by atoms with Crippen molar-refractivity contribution in [2.75, 3.05) is 26.2 Å². The lowest BCUT2D eigenvalue weighted by Crippen LogP contribution is -2.53. The van der Waals surface area contributed by atoms with Crippen LogP contribution in [-0.4, -0.2) is 58.8 Å². The van der Waals surface area contributed by atoms with Crippen LogP contribution in [0.2, 0.25) is 0 Å². The summed E-state index contributed by atoms with van der Waals surface area (Å²) in [6, 6.07) is 8.20. The van der Waals surface area contributed by atoms with Crippen LogP contribution in [0.1, 0.15) is 26.3 Å². The fraction of sp³-hybridized carbons (Fsp3) is 0.556. The van der Waals surface area contributed by atoms with E-state index in [-0.39, 0.29) is 17.3 Å². The van der Waals surface area contributed by atoms with Crippen LogP contribution in [0.15, 0.2) is 29.2 Å². The van der Waals surface area contributed by atoms with Crippen LogP contribution in [0.25, 0.3) is 0 Å². The first-order chi connectivity index (χ1) is 11.3. The quantitative estimate of drug-likeness (QED) is 0.783. The Bertz CT molecular complexity index is 608. The highest BCUT2D eigenvalue weighted by Gasteiger charge is 2.34. The molecule has 1 unspecified atom stereocenters. The summed E-state index contributed by atoms with van der Waals surface area (Å²) in [6.45, 7) is 7.80. The number of carbonyl (C=O) groups excluding carboxylic acids is 2. The fourth-order valence-corrected chi connectivity index (χ4v) is 4.24. The smallest absolute Gasteiger partial charge is 0.410 e. The van der Waals surface area contributed by atoms with Gasteiger partial charge in [0.15, 0.2) is 0 Å². The van der Waals surface area contributed by atoms with Crippen molar-refractivity contribution in [3.63, 3.8) is 0 Å². The number of nitrogens with zero attached hydrogens (tertiary/aromatic N) is 2. The molecule has 0 aliphatic carbocycles. The van der Waals surface area contributed by atoms with E-state index in [0.717, 1.165) is 6.42 Å². The van der Waals surface area contributed by atoms with E-state index in [4.69, 9.17) is 4.74 Å². The monoisotopic (exact) mass is 348 g/mol. The van der Waals surface area contributed by atoms with E-state index in [0.29, 0.717) is 26.2 Å². The second kappa shape index (κ2) is 6.67. The molecule has 0 spiro atoms. The Morgan fingerprint density at radius 1 is 1.08 bits per heavy atom. The molecule has 0 N–H and O–H groups in total. The standard InChI is InChI=1S/C18H24N2O3S/c1-18(2,3)23-17(22)20-10-8-19(9-11-20)16(21)15-12-13-6-4-5-7-14(13)24-15/h4-7,15H,8-12H2,1-3H3. The summed E-state index contributed by atoms with van der Waals surface area (Å²) < 4.78 is 5.39. The molecule has 0 radical (unpaired) electrons. The third-order valence-corrected chi connectivity index (χ3v) is 5.47. The first-order valence-corrected chi connectivity index (χ1v) is 9.23. The first kappa shape index (κ1) is 17.1. The van der Waals surface area contributed by atoms with Crippen molar-refractivity contribution in [2.24, 2.45) is 0 Å². The van der Waals surface area contributed by atoms with Gasteiger partial charge in [0.25, 0.3) is 0 Å². The predicted octanol–water partition coefficient (Wildman–Crippen LogP) is 2.78. The van der Waals surface area contributed by atoms with E-state index >= 15 is 0 Å². The van der Waals surface area contributed by atoms with Crippen LogP contribution >= 0.6 is 11.8 Å². The van der Waals surface area contributed by atoms with Crippen molar-refractivity contribution in [1.29, 1.82) is 0 Å². The molecule has 24 heavy (non-hydrogen) atoms. The van der Waals surface area contributed by atoms with Crippen LogP contribution < -0.4 is 0 Å². The van der Waals surface area contributed by atoms with Crippen LogP contribution in [0.3, 0.4) is 0 Å². The molecule has 1 saturated heterocycles. The normalized spacial score (nSPS) is 20.7. The number of hydrogen-bond donors (Lipinski definition) is 0. The molecular weight excluding hydrogens is 324 g/mol. The largest absolute Gasteiger partial charge is 0.444 e. The molecule has 0 saturated carbocycles. The summed E-state index contributed by atoms with van der Waals surface area (Å²) in [6.07, 6.45) is 0.503. The Morgan fingerprint density at radius 2 is 1.71 bits per heavy atom. The molecule has 0 aromatic heterocycles. The lowest BCUT2D eigenvalue weighted by molar-refractivity contribution is -0.132. The van der Waals surface area contributed by atoms with Gasteiger partial charge in [-0.15, -0.1) is 11.8 Å². The summed E-state index contributed by atoms with van der Waals surface area (Å²) >= 11 is 1.66. The van der Waals surface area contributed by atoms with E-state index in [1.165, 1.54) is 10.5 Å². The SMILES string of the molecule is CC(C)(C)OC(=O)N1CCN(C(=O)C2Cc3ccccc3S2)CC1. The highest BCUT2D eigenvalue weighted by atomic mass is 32.2. The molecule has 2 amide bonds. The van der Waals surface area contributed by atoms with Gasteiger partial charge in [0.05, 0.1) is 5.25 Å². The second-order valence-electron chi connectivity index (χ2n) is 7.21. The lowest BCUT2D eigenvalue weighted by atomic mass is 10.1. The van der Waals surface area contributed by atoms with Gasteiger partial charge in [-0.1, -0.05) is 18.2 Å². The summed E-state index contributed by atoms with van der Waals surface area (Å²) in [7, 11) is 0. The number of piperazine rings is 1. The van der Waals surface area contributed by atoms with E-state index in [1.807, 2.05) is 37.8 Å². The van der Waals surface area contributed by atoms with Gasteiger partial charge in [-0.05, 0) is 38.8 Å². The zero-order chi connectivity index (χ0) is 17.3. The number of benzene rings is 1. The topological polar surface area (TPSA) is 49.9 Å². The van der Waals surface area contributed by atoms with Crippen molar-refractivity contribution in [3.8, 4) is 0 Å². The fourth-order valence-electron chi connectivity index (χ4n) is 2.96. The molecule has 6 heteroatoms. The zero-order valence-electron chi connectivity index (χ0n) is 14.4. The van der Waals surface area contributed by atoms with Gasteiger partial charge in [-0.2, -0.15) is 0 Å².